The standard InChI is InChI=1S/C18H23NO5/c1-12-3-5-13(6-4-12)16(20)7-8-17(21)19-11-15(24-2)9-14(19)10-18(22)23/h3-6,14-15H,7-11H2,1-2H3,(H,22,23). The first kappa shape index (κ1) is 18.1. The fourth-order valence-electron chi connectivity index (χ4n) is 2.99. The number of benzene rings is 1. The van der Waals surface area contributed by atoms with E-state index in [4.69, 9.17) is 9.84 Å². The molecule has 1 aromatic carbocycles. The number of nitrogens with zero attached hydrogens (tertiary/aromatic N) is 1. The van der Waals surface area contributed by atoms with E-state index in [2.05, 4.69) is 0 Å². The Labute approximate surface area is 141 Å². The van der Waals surface area contributed by atoms with Gasteiger partial charge >= 0.3 is 5.97 Å². The molecule has 1 aliphatic heterocycles. The highest BCUT2D eigenvalue weighted by atomic mass is 16.5. The molecule has 1 fully saturated rings. The van der Waals surface area contributed by atoms with E-state index >= 15 is 0 Å². The molecular formula is C18H23NO5. The third-order valence-corrected chi connectivity index (χ3v) is 4.38. The number of Topliss-reactive ketones (excluding diaryl/α,β-unsaturated/α-hetero) is 1. The van der Waals surface area contributed by atoms with Crippen LogP contribution in [0.15, 0.2) is 24.3 Å². The van der Waals surface area contributed by atoms with Gasteiger partial charge in [-0.1, -0.05) is 29.8 Å². The first-order valence-electron chi connectivity index (χ1n) is 8.04. The first-order valence-corrected chi connectivity index (χ1v) is 8.04. The average Bonchev–Trinajstić information content (AvgIpc) is 2.95. The van der Waals surface area contributed by atoms with E-state index in [1.807, 2.05) is 19.1 Å². The fraction of sp³-hybridized carbons (Fsp3) is 0.500. The number of hydrogen-bond acceptors (Lipinski definition) is 4. The zero-order chi connectivity index (χ0) is 17.7. The molecule has 0 aliphatic carbocycles. The predicted molar refractivity (Wildman–Crippen MR) is 87.9 cm³/mol. The molecule has 1 N–H and O–H groups in total. The van der Waals surface area contributed by atoms with Crippen LogP contribution < -0.4 is 0 Å². The molecule has 1 saturated heterocycles. The van der Waals surface area contributed by atoms with Crippen molar-refractivity contribution in [3.8, 4) is 0 Å². The van der Waals surface area contributed by atoms with E-state index in [0.29, 0.717) is 18.5 Å². The first-order chi connectivity index (χ1) is 11.4. The lowest BCUT2D eigenvalue weighted by atomic mass is 10.0. The zero-order valence-corrected chi connectivity index (χ0v) is 14.0. The van der Waals surface area contributed by atoms with Gasteiger partial charge in [-0.25, -0.2) is 0 Å². The van der Waals surface area contributed by atoms with Crippen LogP contribution in [-0.4, -0.2) is 53.5 Å². The summed E-state index contributed by atoms with van der Waals surface area (Å²) >= 11 is 0. The maximum atomic E-state index is 12.4. The Morgan fingerprint density at radius 3 is 2.46 bits per heavy atom. The number of carbonyl (C=O) groups is 3. The molecule has 1 aliphatic rings. The third kappa shape index (κ3) is 4.64. The largest absolute Gasteiger partial charge is 0.481 e. The lowest BCUT2D eigenvalue weighted by Gasteiger charge is -2.23. The molecule has 6 heteroatoms. The zero-order valence-electron chi connectivity index (χ0n) is 14.0. The van der Waals surface area contributed by atoms with Gasteiger partial charge in [-0.3, -0.25) is 14.4 Å². The number of likely N-dealkylation sites (tertiary alicyclic amines) is 1. The van der Waals surface area contributed by atoms with E-state index in [0.717, 1.165) is 5.56 Å². The van der Waals surface area contributed by atoms with E-state index in [-0.39, 0.29) is 43.1 Å². The summed E-state index contributed by atoms with van der Waals surface area (Å²) < 4.78 is 5.26. The Morgan fingerprint density at radius 2 is 1.88 bits per heavy atom. The molecular weight excluding hydrogens is 310 g/mol. The van der Waals surface area contributed by atoms with Crippen LogP contribution in [0.3, 0.4) is 0 Å². The molecule has 0 bridgehead atoms. The van der Waals surface area contributed by atoms with E-state index in [1.54, 1.807) is 24.1 Å². The highest BCUT2D eigenvalue weighted by molar-refractivity contribution is 5.98. The van der Waals surface area contributed by atoms with Gasteiger partial charge in [0.05, 0.1) is 12.5 Å². The number of aliphatic carboxylic acids is 1. The molecule has 0 saturated carbocycles. The second-order valence-electron chi connectivity index (χ2n) is 6.18. The number of rotatable bonds is 7. The smallest absolute Gasteiger partial charge is 0.305 e. The monoisotopic (exact) mass is 333 g/mol. The van der Waals surface area contributed by atoms with Gasteiger partial charge < -0.3 is 14.7 Å². The fourth-order valence-corrected chi connectivity index (χ4v) is 2.99. The van der Waals surface area contributed by atoms with Gasteiger partial charge in [0, 0.05) is 38.1 Å². The summed E-state index contributed by atoms with van der Waals surface area (Å²) in [6.45, 7) is 2.33. The van der Waals surface area contributed by atoms with Gasteiger partial charge in [0.25, 0.3) is 0 Å². The maximum absolute atomic E-state index is 12.4. The van der Waals surface area contributed by atoms with Gasteiger partial charge in [0.2, 0.25) is 5.91 Å². The van der Waals surface area contributed by atoms with Crippen LogP contribution in [0.5, 0.6) is 0 Å². The van der Waals surface area contributed by atoms with Crippen LogP contribution in [0.1, 0.15) is 41.6 Å². The quantitative estimate of drug-likeness (QED) is 0.772. The number of aryl methyl sites for hydroxylation is 1. The van der Waals surface area contributed by atoms with Crippen molar-refractivity contribution in [3.05, 3.63) is 35.4 Å². The van der Waals surface area contributed by atoms with Crippen molar-refractivity contribution in [2.75, 3.05) is 13.7 Å². The maximum Gasteiger partial charge on any atom is 0.305 e. The Bertz CT molecular complexity index is 610. The molecule has 0 radical (unpaired) electrons. The minimum atomic E-state index is -0.940. The van der Waals surface area contributed by atoms with Crippen molar-refractivity contribution in [1.82, 2.24) is 4.90 Å². The summed E-state index contributed by atoms with van der Waals surface area (Å²) in [7, 11) is 1.55. The van der Waals surface area contributed by atoms with E-state index in [9.17, 15) is 14.4 Å². The molecule has 0 aromatic heterocycles. The van der Waals surface area contributed by atoms with Gasteiger partial charge in [-0.05, 0) is 13.3 Å². The molecule has 0 spiro atoms. The van der Waals surface area contributed by atoms with Crippen molar-refractivity contribution in [2.24, 2.45) is 0 Å². The summed E-state index contributed by atoms with van der Waals surface area (Å²) in [4.78, 5) is 37.1. The number of hydrogen-bond donors (Lipinski definition) is 1. The van der Waals surface area contributed by atoms with Crippen LogP contribution in [0.25, 0.3) is 0 Å². The van der Waals surface area contributed by atoms with E-state index < -0.39 is 5.97 Å². The summed E-state index contributed by atoms with van der Waals surface area (Å²) in [5.74, 6) is -1.22. The summed E-state index contributed by atoms with van der Waals surface area (Å²) in [5.41, 5.74) is 1.66. The number of carboxylic acids is 1. The molecule has 2 atom stereocenters. The number of ketones is 1. The average molecular weight is 333 g/mol. The lowest BCUT2D eigenvalue weighted by Crippen LogP contribution is -2.37. The van der Waals surface area contributed by atoms with Crippen molar-refractivity contribution in [2.45, 2.75) is 44.8 Å². The Balaban J connectivity index is 1.93. The summed E-state index contributed by atoms with van der Waals surface area (Å²) in [5, 5.41) is 8.99. The Kier molecular flexibility index (Phi) is 6.09. The number of carbonyl (C=O) groups excluding carboxylic acids is 2. The Morgan fingerprint density at radius 1 is 1.21 bits per heavy atom. The number of ether oxygens (including phenoxy) is 1. The second kappa shape index (κ2) is 8.06. The van der Waals surface area contributed by atoms with Gasteiger partial charge in [0.15, 0.2) is 5.78 Å². The molecule has 1 aromatic rings. The number of methoxy groups -OCH3 is 1. The summed E-state index contributed by atoms with van der Waals surface area (Å²) in [6, 6.07) is 6.87. The normalized spacial score (nSPS) is 20.2. The number of carboxylic acid groups (broad SMARTS) is 1. The topological polar surface area (TPSA) is 83.9 Å². The highest BCUT2D eigenvalue weighted by Crippen LogP contribution is 2.24. The number of amides is 1. The molecule has 130 valence electrons. The summed E-state index contributed by atoms with van der Waals surface area (Å²) in [6.07, 6.45) is 0.471. The van der Waals surface area contributed by atoms with Crippen LogP contribution in [-0.2, 0) is 14.3 Å². The SMILES string of the molecule is COC1CC(CC(=O)O)N(C(=O)CCC(=O)c2ccc(C)cc2)C1. The van der Waals surface area contributed by atoms with Crippen LogP contribution in [0.2, 0.25) is 0 Å². The second-order valence-corrected chi connectivity index (χ2v) is 6.18. The van der Waals surface area contributed by atoms with Crippen molar-refractivity contribution >= 4 is 17.7 Å². The highest BCUT2D eigenvalue weighted by Gasteiger charge is 2.36. The third-order valence-electron chi connectivity index (χ3n) is 4.38. The minimum absolute atomic E-state index is 0.0826. The molecule has 1 heterocycles. The Hall–Kier alpha value is -2.21. The van der Waals surface area contributed by atoms with Crippen molar-refractivity contribution in [1.29, 1.82) is 0 Å². The molecule has 1 amide bonds. The predicted octanol–water partition coefficient (Wildman–Crippen LogP) is 2.05. The van der Waals surface area contributed by atoms with Crippen molar-refractivity contribution in [3.63, 3.8) is 0 Å². The van der Waals surface area contributed by atoms with E-state index in [1.165, 1.54) is 0 Å². The van der Waals surface area contributed by atoms with Crippen LogP contribution in [0, 0.1) is 6.92 Å². The van der Waals surface area contributed by atoms with Gasteiger partial charge in [-0.2, -0.15) is 0 Å². The lowest BCUT2D eigenvalue weighted by molar-refractivity contribution is -0.139. The minimum Gasteiger partial charge on any atom is -0.481 e. The van der Waals surface area contributed by atoms with Crippen LogP contribution >= 0.6 is 0 Å². The van der Waals surface area contributed by atoms with Gasteiger partial charge in [-0.15, -0.1) is 0 Å². The van der Waals surface area contributed by atoms with Gasteiger partial charge in [0.1, 0.15) is 0 Å². The molecule has 2 unspecified atom stereocenters. The van der Waals surface area contributed by atoms with Crippen LogP contribution in [0.4, 0.5) is 0 Å². The molecule has 6 nitrogen and oxygen atoms in total. The molecule has 2 rings (SSSR count). The van der Waals surface area contributed by atoms with Crippen molar-refractivity contribution < 1.29 is 24.2 Å². The molecule has 24 heavy (non-hydrogen) atoms.